The van der Waals surface area contributed by atoms with E-state index in [4.69, 9.17) is 21.1 Å². The molecule has 1 fully saturated rings. The number of carbonyl (C=O) groups is 2. The van der Waals surface area contributed by atoms with Crippen molar-refractivity contribution in [3.63, 3.8) is 0 Å². The molecule has 4 rings (SSSR count). The van der Waals surface area contributed by atoms with Crippen LogP contribution in [0.1, 0.15) is 37.4 Å². The molecule has 8 nitrogen and oxygen atoms in total. The van der Waals surface area contributed by atoms with Crippen molar-refractivity contribution in [2.45, 2.75) is 32.9 Å². The molecular weight excluding hydrogens is 482 g/mol. The van der Waals surface area contributed by atoms with Gasteiger partial charge in [0.25, 0.3) is 11.7 Å². The minimum absolute atomic E-state index is 0.0246. The number of rotatable bonds is 10. The van der Waals surface area contributed by atoms with Crippen LogP contribution >= 0.6 is 11.6 Å². The molecule has 1 aliphatic heterocycles. The van der Waals surface area contributed by atoms with Crippen LogP contribution in [0, 0.1) is 0 Å². The number of carbonyl (C=O) groups excluding carboxylic acids is 2. The van der Waals surface area contributed by atoms with Crippen molar-refractivity contribution in [1.82, 2.24) is 14.5 Å². The number of halogens is 1. The first-order chi connectivity index (χ1) is 17.4. The molecule has 0 spiro atoms. The lowest BCUT2D eigenvalue weighted by Crippen LogP contribution is -2.31. The maximum Gasteiger partial charge on any atom is 0.295 e. The van der Waals surface area contributed by atoms with Gasteiger partial charge in [0.15, 0.2) is 11.5 Å². The number of ether oxygens (including phenoxy) is 2. The highest BCUT2D eigenvalue weighted by Crippen LogP contribution is 2.42. The molecule has 0 saturated carbocycles. The average molecular weight is 510 g/mol. The van der Waals surface area contributed by atoms with Crippen LogP contribution in [0.2, 0.25) is 5.02 Å². The predicted molar refractivity (Wildman–Crippen MR) is 136 cm³/mol. The summed E-state index contributed by atoms with van der Waals surface area (Å²) < 4.78 is 13.4. The van der Waals surface area contributed by atoms with Crippen molar-refractivity contribution in [3.05, 3.63) is 82.9 Å². The Morgan fingerprint density at radius 2 is 1.75 bits per heavy atom. The molecule has 0 bridgehead atoms. The van der Waals surface area contributed by atoms with Crippen LogP contribution in [0.4, 0.5) is 0 Å². The number of aliphatic hydroxyl groups is 1. The second-order valence-corrected chi connectivity index (χ2v) is 8.66. The molecule has 1 atom stereocenters. The molecule has 1 aliphatic rings. The highest BCUT2D eigenvalue weighted by atomic mass is 35.5. The van der Waals surface area contributed by atoms with Gasteiger partial charge in [-0.25, -0.2) is 4.98 Å². The monoisotopic (exact) mass is 509 g/mol. The van der Waals surface area contributed by atoms with Gasteiger partial charge in [0.2, 0.25) is 0 Å². The van der Waals surface area contributed by atoms with E-state index < -0.39 is 17.7 Å². The summed E-state index contributed by atoms with van der Waals surface area (Å²) in [7, 11) is 0. The topological polar surface area (TPSA) is 93.9 Å². The first-order valence-corrected chi connectivity index (χ1v) is 12.2. The van der Waals surface area contributed by atoms with E-state index >= 15 is 0 Å². The Bertz CT molecular complexity index is 1250. The van der Waals surface area contributed by atoms with Gasteiger partial charge in [-0.3, -0.25) is 9.59 Å². The van der Waals surface area contributed by atoms with Gasteiger partial charge in [-0.05, 0) is 62.2 Å². The molecule has 3 aromatic rings. The fourth-order valence-electron chi connectivity index (χ4n) is 4.30. The second kappa shape index (κ2) is 11.3. The maximum absolute atomic E-state index is 13.2. The van der Waals surface area contributed by atoms with Crippen molar-refractivity contribution in [3.8, 4) is 11.5 Å². The highest BCUT2D eigenvalue weighted by Gasteiger charge is 2.46. The predicted octanol–water partition coefficient (Wildman–Crippen LogP) is 4.85. The summed E-state index contributed by atoms with van der Waals surface area (Å²) in [5, 5.41) is 11.7. The summed E-state index contributed by atoms with van der Waals surface area (Å²) in [4.78, 5) is 32.0. The van der Waals surface area contributed by atoms with Crippen LogP contribution in [0.25, 0.3) is 5.76 Å². The highest BCUT2D eigenvalue weighted by molar-refractivity contribution is 6.46. The molecule has 1 saturated heterocycles. The number of nitrogens with zero attached hydrogens (tertiary/aromatic N) is 3. The molecule has 0 unspecified atom stereocenters. The Morgan fingerprint density at radius 3 is 2.42 bits per heavy atom. The number of amides is 1. The van der Waals surface area contributed by atoms with E-state index in [1.165, 1.54) is 4.90 Å². The first kappa shape index (κ1) is 25.3. The van der Waals surface area contributed by atoms with Crippen molar-refractivity contribution in [2.75, 3.05) is 19.8 Å². The normalized spacial score (nSPS) is 17.0. The molecular formula is C27H28ClN3O5. The van der Waals surface area contributed by atoms with E-state index in [2.05, 4.69) is 4.98 Å². The van der Waals surface area contributed by atoms with Gasteiger partial charge in [0, 0.05) is 36.1 Å². The van der Waals surface area contributed by atoms with Gasteiger partial charge in [0.1, 0.15) is 5.76 Å². The largest absolute Gasteiger partial charge is 0.507 e. The summed E-state index contributed by atoms with van der Waals surface area (Å²) in [6.07, 6.45) is 5.82. The summed E-state index contributed by atoms with van der Waals surface area (Å²) in [5.41, 5.74) is 1.06. The third-order valence-corrected chi connectivity index (χ3v) is 6.17. The lowest BCUT2D eigenvalue weighted by Gasteiger charge is -2.26. The zero-order valence-corrected chi connectivity index (χ0v) is 20.9. The van der Waals surface area contributed by atoms with Gasteiger partial charge in [-0.1, -0.05) is 17.7 Å². The Balaban J connectivity index is 1.77. The quantitative estimate of drug-likeness (QED) is 0.238. The number of aryl methyl sites for hydroxylation is 1. The zero-order chi connectivity index (χ0) is 25.7. The Kier molecular flexibility index (Phi) is 7.95. The number of aromatic nitrogens is 2. The van der Waals surface area contributed by atoms with E-state index in [9.17, 15) is 14.7 Å². The summed E-state index contributed by atoms with van der Waals surface area (Å²) >= 11 is 6.00. The van der Waals surface area contributed by atoms with Crippen molar-refractivity contribution in [2.24, 2.45) is 0 Å². The van der Waals surface area contributed by atoms with Crippen LogP contribution in [0.15, 0.2) is 66.8 Å². The van der Waals surface area contributed by atoms with Crippen LogP contribution in [-0.4, -0.2) is 51.0 Å². The molecule has 1 N–H and O–H groups in total. The van der Waals surface area contributed by atoms with Crippen LogP contribution in [0.5, 0.6) is 11.5 Å². The third-order valence-electron chi connectivity index (χ3n) is 5.92. The van der Waals surface area contributed by atoms with Crippen LogP contribution < -0.4 is 9.47 Å². The van der Waals surface area contributed by atoms with Crippen molar-refractivity contribution < 1.29 is 24.2 Å². The van der Waals surface area contributed by atoms with Gasteiger partial charge in [-0.15, -0.1) is 0 Å². The lowest BCUT2D eigenvalue weighted by molar-refractivity contribution is -0.139. The Morgan fingerprint density at radius 1 is 1.03 bits per heavy atom. The first-order valence-electron chi connectivity index (χ1n) is 11.8. The van der Waals surface area contributed by atoms with Gasteiger partial charge in [-0.2, -0.15) is 0 Å². The minimum Gasteiger partial charge on any atom is -0.507 e. The van der Waals surface area contributed by atoms with E-state index in [0.717, 1.165) is 0 Å². The SMILES string of the molecule is CCOc1ccc([C@H]2C(=C(O)c3ccc(Cl)cc3)C(=O)C(=O)N2CCCn2ccnc2)cc1OCC. The fourth-order valence-corrected chi connectivity index (χ4v) is 4.43. The third kappa shape index (κ3) is 5.23. The molecule has 9 heteroatoms. The number of likely N-dealkylation sites (tertiary alicyclic amines) is 1. The van der Waals surface area contributed by atoms with E-state index in [1.807, 2.05) is 24.6 Å². The summed E-state index contributed by atoms with van der Waals surface area (Å²) in [5.74, 6) is -0.570. The molecule has 188 valence electrons. The standard InChI is InChI=1S/C27H28ClN3O5/c1-3-35-21-11-8-19(16-22(21)36-4-2)24-23(25(32)18-6-9-20(28)10-7-18)26(33)27(34)31(24)14-5-13-30-15-12-29-17-30/h6-12,15-17,24,32H,3-5,13-14H2,1-2H3/t24-/m0/s1. The van der Waals surface area contributed by atoms with Crippen molar-refractivity contribution >= 4 is 29.1 Å². The minimum atomic E-state index is -0.793. The number of aliphatic hydroxyl groups excluding tert-OH is 1. The van der Waals surface area contributed by atoms with E-state index in [-0.39, 0.29) is 11.3 Å². The van der Waals surface area contributed by atoms with E-state index in [0.29, 0.717) is 60.4 Å². The molecule has 2 aromatic carbocycles. The van der Waals surface area contributed by atoms with Gasteiger partial charge < -0.3 is 24.0 Å². The number of imidazole rings is 1. The smallest absolute Gasteiger partial charge is 0.295 e. The molecule has 36 heavy (non-hydrogen) atoms. The average Bonchev–Trinajstić information content (AvgIpc) is 3.48. The van der Waals surface area contributed by atoms with Gasteiger partial charge >= 0.3 is 0 Å². The number of ketones is 1. The molecule has 0 aliphatic carbocycles. The Labute approximate surface area is 214 Å². The number of benzene rings is 2. The molecule has 0 radical (unpaired) electrons. The van der Waals surface area contributed by atoms with Crippen molar-refractivity contribution in [1.29, 1.82) is 0 Å². The summed E-state index contributed by atoms with van der Waals surface area (Å²) in [6, 6.07) is 11.0. The van der Waals surface area contributed by atoms with E-state index in [1.54, 1.807) is 55.0 Å². The number of hydrogen-bond acceptors (Lipinski definition) is 6. The molecule has 2 heterocycles. The fraction of sp³-hybridized carbons (Fsp3) is 0.296. The lowest BCUT2D eigenvalue weighted by atomic mass is 9.95. The Hall–Kier alpha value is -3.78. The van der Waals surface area contributed by atoms with Crippen LogP contribution in [0.3, 0.4) is 0 Å². The number of hydrogen-bond donors (Lipinski definition) is 1. The molecule has 1 aromatic heterocycles. The molecule has 1 amide bonds. The van der Waals surface area contributed by atoms with Gasteiger partial charge in [0.05, 0.1) is 31.2 Å². The maximum atomic E-state index is 13.2. The summed E-state index contributed by atoms with van der Waals surface area (Å²) in [6.45, 7) is 5.56. The number of Topliss-reactive ketones (excluding diaryl/α,β-unsaturated/α-hetero) is 1. The van der Waals surface area contributed by atoms with Crippen LogP contribution in [-0.2, 0) is 16.1 Å². The zero-order valence-electron chi connectivity index (χ0n) is 20.2. The second-order valence-electron chi connectivity index (χ2n) is 8.23.